The van der Waals surface area contributed by atoms with E-state index in [2.05, 4.69) is 5.32 Å². The normalized spacial score (nSPS) is 12.0. The van der Waals surface area contributed by atoms with Crippen LogP contribution in [0, 0.1) is 0 Å². The second-order valence-electron chi connectivity index (χ2n) is 4.01. The van der Waals surface area contributed by atoms with E-state index in [1.807, 2.05) is 13.8 Å². The second kappa shape index (κ2) is 7.54. The molecular weight excluding hydrogens is 261 g/mol. The standard InChI is InChI=1S/C12H16ClNO2.ClH/c1-8(2)14-7-11(12(15)16)9-3-5-10(13)6-4-9;/h3-6,8,11,14H,7H2,1-2H3,(H,15,16);1H. The lowest BCUT2D eigenvalue weighted by Crippen LogP contribution is -2.31. The van der Waals surface area contributed by atoms with Crippen molar-refractivity contribution in [3.8, 4) is 0 Å². The molecule has 0 amide bonds. The molecule has 0 spiro atoms. The van der Waals surface area contributed by atoms with Crippen molar-refractivity contribution in [2.75, 3.05) is 6.54 Å². The summed E-state index contributed by atoms with van der Waals surface area (Å²) in [6.07, 6.45) is 0. The monoisotopic (exact) mass is 277 g/mol. The van der Waals surface area contributed by atoms with Gasteiger partial charge >= 0.3 is 5.97 Å². The molecule has 0 bridgehead atoms. The van der Waals surface area contributed by atoms with E-state index in [1.54, 1.807) is 24.3 Å². The molecule has 0 aliphatic rings. The third-order valence-electron chi connectivity index (χ3n) is 2.30. The van der Waals surface area contributed by atoms with Crippen molar-refractivity contribution in [3.05, 3.63) is 34.9 Å². The number of benzene rings is 1. The van der Waals surface area contributed by atoms with E-state index in [4.69, 9.17) is 16.7 Å². The number of rotatable bonds is 5. The first-order valence-electron chi connectivity index (χ1n) is 5.22. The molecule has 5 heteroatoms. The van der Waals surface area contributed by atoms with Crippen molar-refractivity contribution in [2.45, 2.75) is 25.8 Å². The van der Waals surface area contributed by atoms with Crippen LogP contribution in [-0.4, -0.2) is 23.7 Å². The number of carboxylic acid groups (broad SMARTS) is 1. The summed E-state index contributed by atoms with van der Waals surface area (Å²) in [5.74, 6) is -1.35. The Balaban J connectivity index is 0.00000256. The molecule has 0 aliphatic carbocycles. The fraction of sp³-hybridized carbons (Fsp3) is 0.417. The molecule has 0 radical (unpaired) electrons. The average Bonchev–Trinajstić information content (AvgIpc) is 2.20. The lowest BCUT2D eigenvalue weighted by molar-refractivity contribution is -0.138. The van der Waals surface area contributed by atoms with Crippen LogP contribution in [0.1, 0.15) is 25.3 Å². The van der Waals surface area contributed by atoms with Gasteiger partial charge in [0.25, 0.3) is 0 Å². The van der Waals surface area contributed by atoms with E-state index in [0.717, 1.165) is 5.56 Å². The Hall–Kier alpha value is -0.770. The lowest BCUT2D eigenvalue weighted by atomic mass is 9.99. The summed E-state index contributed by atoms with van der Waals surface area (Å²) in [4.78, 5) is 11.1. The number of carbonyl (C=O) groups is 1. The number of carboxylic acids is 1. The molecule has 1 atom stereocenters. The Morgan fingerprint density at radius 1 is 1.35 bits per heavy atom. The van der Waals surface area contributed by atoms with Crippen LogP contribution >= 0.6 is 24.0 Å². The zero-order valence-corrected chi connectivity index (χ0v) is 11.4. The first-order chi connectivity index (χ1) is 7.50. The van der Waals surface area contributed by atoms with Crippen LogP contribution in [0.2, 0.25) is 5.02 Å². The number of hydrogen-bond donors (Lipinski definition) is 2. The smallest absolute Gasteiger partial charge is 0.312 e. The highest BCUT2D eigenvalue weighted by atomic mass is 35.5. The molecule has 3 nitrogen and oxygen atoms in total. The molecule has 0 aliphatic heterocycles. The second-order valence-corrected chi connectivity index (χ2v) is 4.44. The predicted octanol–water partition coefficient (Wildman–Crippen LogP) is 2.93. The third-order valence-corrected chi connectivity index (χ3v) is 2.55. The molecule has 1 aromatic carbocycles. The topological polar surface area (TPSA) is 49.3 Å². The molecule has 0 heterocycles. The van der Waals surface area contributed by atoms with Gasteiger partial charge in [-0.3, -0.25) is 4.79 Å². The summed E-state index contributed by atoms with van der Waals surface area (Å²) in [6.45, 7) is 4.40. The van der Waals surface area contributed by atoms with Gasteiger partial charge in [0.1, 0.15) is 0 Å². The maximum absolute atomic E-state index is 11.1. The van der Waals surface area contributed by atoms with Gasteiger partial charge < -0.3 is 10.4 Å². The Kier molecular flexibility index (Phi) is 7.19. The Morgan fingerprint density at radius 3 is 2.29 bits per heavy atom. The van der Waals surface area contributed by atoms with Gasteiger partial charge in [0.2, 0.25) is 0 Å². The third kappa shape index (κ3) is 5.39. The van der Waals surface area contributed by atoms with E-state index in [9.17, 15) is 4.79 Å². The average molecular weight is 278 g/mol. The summed E-state index contributed by atoms with van der Waals surface area (Å²) in [5.41, 5.74) is 0.769. The first kappa shape index (κ1) is 16.2. The van der Waals surface area contributed by atoms with Crippen LogP contribution in [0.4, 0.5) is 0 Å². The molecule has 2 N–H and O–H groups in total. The highest BCUT2D eigenvalue weighted by Crippen LogP contribution is 2.18. The fourth-order valence-corrected chi connectivity index (χ4v) is 1.52. The zero-order valence-electron chi connectivity index (χ0n) is 9.81. The molecule has 0 saturated carbocycles. The fourth-order valence-electron chi connectivity index (χ4n) is 1.40. The van der Waals surface area contributed by atoms with Crippen molar-refractivity contribution >= 4 is 30.0 Å². The van der Waals surface area contributed by atoms with E-state index in [-0.39, 0.29) is 18.4 Å². The molecular formula is C12H17Cl2NO2. The molecule has 17 heavy (non-hydrogen) atoms. The molecule has 0 fully saturated rings. The summed E-state index contributed by atoms with van der Waals surface area (Å²) in [6, 6.07) is 7.20. The van der Waals surface area contributed by atoms with Crippen LogP contribution in [0.15, 0.2) is 24.3 Å². The van der Waals surface area contributed by atoms with Crippen molar-refractivity contribution < 1.29 is 9.90 Å². The van der Waals surface area contributed by atoms with Crippen molar-refractivity contribution in [3.63, 3.8) is 0 Å². The van der Waals surface area contributed by atoms with Crippen LogP contribution in [-0.2, 0) is 4.79 Å². The SMILES string of the molecule is CC(C)NCC(C(=O)O)c1ccc(Cl)cc1.Cl. The summed E-state index contributed by atoms with van der Waals surface area (Å²) < 4.78 is 0. The van der Waals surface area contributed by atoms with Gasteiger partial charge in [-0.1, -0.05) is 37.6 Å². The largest absolute Gasteiger partial charge is 0.481 e. The van der Waals surface area contributed by atoms with Crippen LogP contribution < -0.4 is 5.32 Å². The minimum Gasteiger partial charge on any atom is -0.481 e. The minimum absolute atomic E-state index is 0. The summed E-state index contributed by atoms with van der Waals surface area (Å²) >= 11 is 5.76. The number of nitrogens with one attached hydrogen (secondary N) is 1. The Morgan fingerprint density at radius 2 is 1.88 bits per heavy atom. The summed E-state index contributed by atoms with van der Waals surface area (Å²) in [5, 5.41) is 12.9. The van der Waals surface area contributed by atoms with Crippen LogP contribution in [0.3, 0.4) is 0 Å². The van der Waals surface area contributed by atoms with Crippen molar-refractivity contribution in [1.29, 1.82) is 0 Å². The number of halogens is 2. The van der Waals surface area contributed by atoms with Crippen molar-refractivity contribution in [2.24, 2.45) is 0 Å². The van der Waals surface area contributed by atoms with Gasteiger partial charge in [0.05, 0.1) is 5.92 Å². The summed E-state index contributed by atoms with van der Waals surface area (Å²) in [7, 11) is 0. The van der Waals surface area contributed by atoms with Crippen molar-refractivity contribution in [1.82, 2.24) is 5.32 Å². The molecule has 1 aromatic rings. The molecule has 0 aromatic heterocycles. The van der Waals surface area contributed by atoms with Gasteiger partial charge in [0, 0.05) is 17.6 Å². The van der Waals surface area contributed by atoms with Gasteiger partial charge in [-0.2, -0.15) is 0 Å². The minimum atomic E-state index is -0.824. The Bertz CT molecular complexity index is 352. The van der Waals surface area contributed by atoms with Gasteiger partial charge in [-0.05, 0) is 17.7 Å². The lowest BCUT2D eigenvalue weighted by Gasteiger charge is -2.15. The van der Waals surface area contributed by atoms with Crippen LogP contribution in [0.25, 0.3) is 0 Å². The van der Waals surface area contributed by atoms with E-state index < -0.39 is 11.9 Å². The van der Waals surface area contributed by atoms with Crippen LogP contribution in [0.5, 0.6) is 0 Å². The highest BCUT2D eigenvalue weighted by molar-refractivity contribution is 6.30. The number of hydrogen-bond acceptors (Lipinski definition) is 2. The zero-order chi connectivity index (χ0) is 12.1. The Labute approximate surface area is 113 Å². The quantitative estimate of drug-likeness (QED) is 0.870. The number of aliphatic carboxylic acids is 1. The predicted molar refractivity (Wildman–Crippen MR) is 72.2 cm³/mol. The van der Waals surface area contributed by atoms with Gasteiger partial charge in [-0.15, -0.1) is 12.4 Å². The van der Waals surface area contributed by atoms with E-state index in [1.165, 1.54) is 0 Å². The maximum Gasteiger partial charge on any atom is 0.312 e. The molecule has 0 saturated heterocycles. The maximum atomic E-state index is 11.1. The first-order valence-corrected chi connectivity index (χ1v) is 5.60. The van der Waals surface area contributed by atoms with Gasteiger partial charge in [0.15, 0.2) is 0 Å². The molecule has 1 rings (SSSR count). The molecule has 1 unspecified atom stereocenters. The molecule has 96 valence electrons. The van der Waals surface area contributed by atoms with E-state index >= 15 is 0 Å². The van der Waals surface area contributed by atoms with E-state index in [0.29, 0.717) is 11.6 Å². The van der Waals surface area contributed by atoms with Gasteiger partial charge in [-0.25, -0.2) is 0 Å². The highest BCUT2D eigenvalue weighted by Gasteiger charge is 2.19.